The maximum Gasteiger partial charge on any atom is 0.211 e. The van der Waals surface area contributed by atoms with Crippen molar-refractivity contribution in [1.82, 2.24) is 19.5 Å². The smallest absolute Gasteiger partial charge is 0.211 e. The molecule has 10 nitrogen and oxygen atoms in total. The van der Waals surface area contributed by atoms with Gasteiger partial charge in [-0.15, -0.1) is 0 Å². The van der Waals surface area contributed by atoms with Crippen LogP contribution in [0, 0.1) is 5.82 Å². The van der Waals surface area contributed by atoms with Crippen molar-refractivity contribution in [2.24, 2.45) is 10.7 Å². The Morgan fingerprint density at radius 2 is 2.10 bits per heavy atom. The molecule has 1 fully saturated rings. The van der Waals surface area contributed by atoms with Crippen LogP contribution in [0.5, 0.6) is 0 Å². The van der Waals surface area contributed by atoms with Crippen LogP contribution in [-0.2, 0) is 21.3 Å². The summed E-state index contributed by atoms with van der Waals surface area (Å²) >= 11 is 5.75. The second-order valence-corrected chi connectivity index (χ2v) is 9.10. The predicted molar refractivity (Wildman–Crippen MR) is 109 cm³/mol. The zero-order valence-corrected chi connectivity index (χ0v) is 17.9. The van der Waals surface area contributed by atoms with Crippen molar-refractivity contribution in [2.45, 2.75) is 6.54 Å². The first-order chi connectivity index (χ1) is 14.2. The van der Waals surface area contributed by atoms with Crippen molar-refractivity contribution < 1.29 is 22.2 Å². The third-order valence-electron chi connectivity index (χ3n) is 4.52. The Balaban J connectivity index is 1.75. The van der Waals surface area contributed by atoms with Crippen LogP contribution < -0.4 is 5.73 Å². The van der Waals surface area contributed by atoms with E-state index in [9.17, 15) is 12.8 Å². The van der Waals surface area contributed by atoms with E-state index in [0.717, 1.165) is 25.4 Å². The Morgan fingerprint density at radius 1 is 1.37 bits per heavy atom. The number of ether oxygens (including phenoxy) is 1. The third-order valence-corrected chi connectivity index (χ3v) is 6.06. The van der Waals surface area contributed by atoms with Crippen LogP contribution in [0.1, 0.15) is 11.4 Å². The fraction of sp³-hybridized carbons (Fsp3) is 0.471. The number of morpholine rings is 1. The summed E-state index contributed by atoms with van der Waals surface area (Å²) in [4.78, 5) is 6.27. The number of aliphatic imine (C=N–C) groups is 1. The Hall–Kier alpha value is -2.12. The summed E-state index contributed by atoms with van der Waals surface area (Å²) in [5, 5.41) is 7.42. The van der Waals surface area contributed by atoms with E-state index in [0.29, 0.717) is 25.4 Å². The minimum atomic E-state index is -3.53. The number of hydrogen-bond donors (Lipinski definition) is 1. The van der Waals surface area contributed by atoms with Crippen LogP contribution in [0.2, 0.25) is 5.02 Å². The van der Waals surface area contributed by atoms with Crippen molar-refractivity contribution >= 4 is 33.1 Å². The number of nitrogens with two attached hydrogens (primary N) is 1. The van der Waals surface area contributed by atoms with Gasteiger partial charge in [-0.1, -0.05) is 16.8 Å². The van der Waals surface area contributed by atoms with E-state index in [4.69, 9.17) is 26.7 Å². The number of amidine groups is 1. The highest BCUT2D eigenvalue weighted by Gasteiger charge is 2.24. The summed E-state index contributed by atoms with van der Waals surface area (Å²) in [7, 11) is -3.53. The van der Waals surface area contributed by atoms with Crippen molar-refractivity contribution in [3.63, 3.8) is 0 Å². The number of hydrogen-bond acceptors (Lipinski definition) is 8. The van der Waals surface area contributed by atoms with Gasteiger partial charge in [0, 0.05) is 26.2 Å². The summed E-state index contributed by atoms with van der Waals surface area (Å²) in [6.45, 7) is 3.46. The third kappa shape index (κ3) is 5.95. The van der Waals surface area contributed by atoms with Gasteiger partial charge in [0.05, 0.1) is 36.7 Å². The fourth-order valence-corrected chi connectivity index (χ4v) is 3.80. The first kappa shape index (κ1) is 22.6. The van der Waals surface area contributed by atoms with Gasteiger partial charge in [-0.2, -0.15) is 4.31 Å². The average molecular weight is 461 g/mol. The molecule has 0 unspecified atom stereocenters. The summed E-state index contributed by atoms with van der Waals surface area (Å²) in [6, 6.07) is 3.86. The highest BCUT2D eigenvalue weighted by atomic mass is 35.5. The monoisotopic (exact) mass is 460 g/mol. The van der Waals surface area contributed by atoms with E-state index < -0.39 is 15.8 Å². The highest BCUT2D eigenvalue weighted by Crippen LogP contribution is 2.22. The zero-order chi connectivity index (χ0) is 21.7. The quantitative estimate of drug-likeness (QED) is 0.456. The number of benzene rings is 1. The summed E-state index contributed by atoms with van der Waals surface area (Å²) in [5.41, 5.74) is 6.63. The van der Waals surface area contributed by atoms with Crippen LogP contribution >= 0.6 is 11.6 Å². The molecular weight excluding hydrogens is 439 g/mol. The van der Waals surface area contributed by atoms with Gasteiger partial charge in [0.2, 0.25) is 10.0 Å². The maximum atomic E-state index is 13.3. The zero-order valence-electron chi connectivity index (χ0n) is 16.3. The molecule has 2 N–H and O–H groups in total. The molecule has 1 aromatic heterocycles. The normalized spacial score (nSPS) is 16.3. The van der Waals surface area contributed by atoms with E-state index in [1.165, 1.54) is 16.4 Å². The molecule has 1 aliphatic rings. The number of rotatable bonds is 8. The number of nitrogens with zero attached hydrogens (tertiary/aromatic N) is 5. The van der Waals surface area contributed by atoms with Gasteiger partial charge in [-0.25, -0.2) is 22.4 Å². The lowest BCUT2D eigenvalue weighted by Gasteiger charge is -2.28. The van der Waals surface area contributed by atoms with Gasteiger partial charge in [0.1, 0.15) is 11.5 Å². The summed E-state index contributed by atoms with van der Waals surface area (Å²) in [6.07, 6.45) is 1.12. The molecular formula is C17H22ClFN6O4S. The van der Waals surface area contributed by atoms with Crippen molar-refractivity contribution in [3.05, 3.63) is 40.4 Å². The first-order valence-electron chi connectivity index (χ1n) is 9.10. The topological polar surface area (TPSA) is 127 Å². The molecule has 0 aliphatic carbocycles. The van der Waals surface area contributed by atoms with Crippen molar-refractivity contribution in [1.29, 1.82) is 0 Å². The van der Waals surface area contributed by atoms with Gasteiger partial charge in [0.15, 0.2) is 11.5 Å². The second-order valence-electron chi connectivity index (χ2n) is 6.71. The average Bonchev–Trinajstić information content (AvgIpc) is 3.16. The summed E-state index contributed by atoms with van der Waals surface area (Å²) in [5.74, 6) is -0.641. The van der Waals surface area contributed by atoms with Gasteiger partial charge in [-0.05, 0) is 23.4 Å². The molecule has 0 bridgehead atoms. The molecule has 0 amide bonds. The molecule has 0 spiro atoms. The largest absolute Gasteiger partial charge is 0.382 e. The lowest BCUT2D eigenvalue weighted by molar-refractivity contribution is 0.0361. The molecule has 1 saturated heterocycles. The lowest BCUT2D eigenvalue weighted by Crippen LogP contribution is -2.42. The van der Waals surface area contributed by atoms with Crippen LogP contribution in [0.15, 0.2) is 27.8 Å². The minimum Gasteiger partial charge on any atom is -0.382 e. The van der Waals surface area contributed by atoms with E-state index in [2.05, 4.69) is 20.2 Å². The molecule has 164 valence electrons. The number of aromatic nitrogens is 2. The molecule has 2 aromatic rings. The highest BCUT2D eigenvalue weighted by molar-refractivity contribution is 7.88. The number of halogens is 2. The molecule has 1 aliphatic heterocycles. The predicted octanol–water partition coefficient (Wildman–Crippen LogP) is 0.993. The fourth-order valence-electron chi connectivity index (χ4n) is 2.86. The maximum absolute atomic E-state index is 13.3. The van der Waals surface area contributed by atoms with E-state index in [-0.39, 0.29) is 35.3 Å². The van der Waals surface area contributed by atoms with Crippen LogP contribution in [0.3, 0.4) is 0 Å². The van der Waals surface area contributed by atoms with Crippen molar-refractivity contribution in [2.75, 3.05) is 45.6 Å². The van der Waals surface area contributed by atoms with Crippen LogP contribution in [0.4, 0.5) is 10.1 Å². The Kier molecular flexibility index (Phi) is 7.36. The molecule has 30 heavy (non-hydrogen) atoms. The standard InChI is InChI=1S/C17H22ClFN6O4S/c1-30(26,27)25(5-4-24-6-8-28-9-7-24)11-15-16(23-29-22-15)17(20)21-12-2-3-14(19)13(18)10-12/h2-3,10H,4-9,11H2,1H3,(H2,20,21). The molecule has 1 aromatic carbocycles. The van der Waals surface area contributed by atoms with Crippen LogP contribution in [-0.4, -0.2) is 79.4 Å². The van der Waals surface area contributed by atoms with E-state index in [1.807, 2.05) is 0 Å². The lowest BCUT2D eigenvalue weighted by atomic mass is 10.2. The van der Waals surface area contributed by atoms with Crippen molar-refractivity contribution in [3.8, 4) is 0 Å². The Labute approximate surface area is 178 Å². The second kappa shape index (κ2) is 9.79. The van der Waals surface area contributed by atoms with Gasteiger partial charge < -0.3 is 10.5 Å². The van der Waals surface area contributed by atoms with Crippen LogP contribution in [0.25, 0.3) is 0 Å². The SMILES string of the molecule is CS(=O)(=O)N(CCN1CCOCC1)Cc1nonc1C(N)=Nc1ccc(F)c(Cl)c1. The van der Waals surface area contributed by atoms with Gasteiger partial charge in [-0.3, -0.25) is 4.90 Å². The Morgan fingerprint density at radius 3 is 2.77 bits per heavy atom. The van der Waals surface area contributed by atoms with E-state index >= 15 is 0 Å². The van der Waals surface area contributed by atoms with Gasteiger partial charge in [0.25, 0.3) is 0 Å². The molecule has 3 rings (SSSR count). The van der Waals surface area contributed by atoms with E-state index in [1.54, 1.807) is 0 Å². The molecule has 0 atom stereocenters. The number of sulfonamides is 1. The first-order valence-corrected chi connectivity index (χ1v) is 11.3. The minimum absolute atomic E-state index is 0.0597. The molecule has 0 radical (unpaired) electrons. The molecule has 13 heteroatoms. The Bertz CT molecular complexity index is 1010. The van der Waals surface area contributed by atoms with Gasteiger partial charge >= 0.3 is 0 Å². The molecule has 0 saturated carbocycles. The summed E-state index contributed by atoms with van der Waals surface area (Å²) < 4.78 is 49.2. The molecule has 2 heterocycles.